The highest BCUT2D eigenvalue weighted by Gasteiger charge is 2.16. The highest BCUT2D eigenvalue weighted by atomic mass is 32.1. The van der Waals surface area contributed by atoms with Crippen molar-refractivity contribution in [2.45, 2.75) is 13.3 Å². The minimum absolute atomic E-state index is 0.0435. The Morgan fingerprint density at radius 1 is 1.07 bits per heavy atom. The summed E-state index contributed by atoms with van der Waals surface area (Å²) < 4.78 is 5.15. The Morgan fingerprint density at radius 2 is 1.89 bits per heavy atom. The number of nitrogens with one attached hydrogen (secondary N) is 1. The van der Waals surface area contributed by atoms with Gasteiger partial charge in [-0.15, -0.1) is 11.3 Å². The predicted octanol–water partition coefficient (Wildman–Crippen LogP) is 4.14. The van der Waals surface area contributed by atoms with E-state index in [0.717, 1.165) is 33.8 Å². The monoisotopic (exact) mass is 390 g/mol. The van der Waals surface area contributed by atoms with Gasteiger partial charge in [0.05, 0.1) is 10.7 Å². The van der Waals surface area contributed by atoms with Crippen LogP contribution < -0.4 is 5.32 Å². The molecule has 0 saturated carbocycles. The summed E-state index contributed by atoms with van der Waals surface area (Å²) in [5.41, 5.74) is 3.81. The number of amides is 1. The van der Waals surface area contributed by atoms with Gasteiger partial charge < -0.3 is 9.84 Å². The lowest BCUT2D eigenvalue weighted by atomic mass is 10.1. The van der Waals surface area contributed by atoms with Crippen molar-refractivity contribution in [3.05, 3.63) is 76.4 Å². The molecule has 1 N–H and O–H groups in total. The fourth-order valence-corrected chi connectivity index (χ4v) is 3.41. The molecule has 7 heteroatoms. The molecule has 2 aromatic carbocycles. The second-order valence-electron chi connectivity index (χ2n) is 6.25. The van der Waals surface area contributed by atoms with Crippen LogP contribution in [-0.4, -0.2) is 27.6 Å². The summed E-state index contributed by atoms with van der Waals surface area (Å²) in [6.45, 7) is 2.47. The number of carbonyl (C=O) groups is 1. The van der Waals surface area contributed by atoms with Crippen LogP contribution in [-0.2, 0) is 6.42 Å². The Morgan fingerprint density at radius 3 is 2.68 bits per heavy atom. The van der Waals surface area contributed by atoms with E-state index in [9.17, 15) is 4.79 Å². The number of hydrogen-bond acceptors (Lipinski definition) is 6. The number of rotatable bonds is 6. The van der Waals surface area contributed by atoms with Crippen molar-refractivity contribution in [2.24, 2.45) is 0 Å². The van der Waals surface area contributed by atoms with Crippen molar-refractivity contribution in [2.75, 3.05) is 6.54 Å². The van der Waals surface area contributed by atoms with Crippen LogP contribution in [0.4, 0.5) is 0 Å². The maximum absolute atomic E-state index is 12.3. The average Bonchev–Trinajstić information content (AvgIpc) is 3.38. The molecule has 0 saturated heterocycles. The maximum Gasteiger partial charge on any atom is 0.316 e. The van der Waals surface area contributed by atoms with E-state index in [-0.39, 0.29) is 11.8 Å². The van der Waals surface area contributed by atoms with Gasteiger partial charge in [-0.2, -0.15) is 4.98 Å². The zero-order valence-corrected chi connectivity index (χ0v) is 16.1. The van der Waals surface area contributed by atoms with Gasteiger partial charge in [0.15, 0.2) is 0 Å². The maximum atomic E-state index is 12.3. The van der Waals surface area contributed by atoms with E-state index in [1.54, 1.807) is 11.3 Å². The number of thiazole rings is 1. The van der Waals surface area contributed by atoms with Crippen LogP contribution in [0, 0.1) is 6.92 Å². The van der Waals surface area contributed by atoms with Crippen LogP contribution in [0.25, 0.3) is 22.6 Å². The average molecular weight is 390 g/mol. The van der Waals surface area contributed by atoms with Crippen LogP contribution >= 0.6 is 11.3 Å². The summed E-state index contributed by atoms with van der Waals surface area (Å²) in [5.74, 6) is -0.0408. The van der Waals surface area contributed by atoms with Gasteiger partial charge in [0, 0.05) is 23.1 Å². The molecule has 0 aliphatic heterocycles. The van der Waals surface area contributed by atoms with Crippen molar-refractivity contribution >= 4 is 17.2 Å². The van der Waals surface area contributed by atoms with Gasteiger partial charge in [0.2, 0.25) is 5.82 Å². The molecule has 1 amide bonds. The van der Waals surface area contributed by atoms with E-state index < -0.39 is 0 Å². The van der Waals surface area contributed by atoms with Crippen molar-refractivity contribution in [3.63, 3.8) is 0 Å². The van der Waals surface area contributed by atoms with Crippen LogP contribution in [0.1, 0.15) is 21.3 Å². The fraction of sp³-hybridized carbons (Fsp3) is 0.143. The lowest BCUT2D eigenvalue weighted by molar-refractivity contribution is 0.0910. The normalized spacial score (nSPS) is 10.8. The minimum Gasteiger partial charge on any atom is -0.347 e. The summed E-state index contributed by atoms with van der Waals surface area (Å²) in [4.78, 5) is 21.0. The van der Waals surface area contributed by atoms with Gasteiger partial charge in [-0.05, 0) is 25.0 Å². The first-order valence-electron chi connectivity index (χ1n) is 8.88. The van der Waals surface area contributed by atoms with E-state index in [0.29, 0.717) is 12.4 Å². The minimum atomic E-state index is -0.374. The highest BCUT2D eigenvalue weighted by molar-refractivity contribution is 7.09. The van der Waals surface area contributed by atoms with Gasteiger partial charge in [-0.3, -0.25) is 4.79 Å². The van der Waals surface area contributed by atoms with Crippen LogP contribution in [0.5, 0.6) is 0 Å². The lowest BCUT2D eigenvalue weighted by Crippen LogP contribution is -2.25. The first kappa shape index (κ1) is 18.1. The third-order valence-electron chi connectivity index (χ3n) is 4.20. The number of aryl methyl sites for hydroxylation is 1. The Kier molecular flexibility index (Phi) is 5.25. The standard InChI is InChI=1S/C21H18N4O2S/c1-14-23-18(13-28-14)16-8-5-9-17(12-16)19-24-21(27-25-19)20(26)22-11-10-15-6-3-2-4-7-15/h2-9,12-13H,10-11H2,1H3,(H,22,26). The van der Waals surface area contributed by atoms with E-state index in [2.05, 4.69) is 20.4 Å². The van der Waals surface area contributed by atoms with E-state index in [1.807, 2.05) is 66.9 Å². The second-order valence-corrected chi connectivity index (χ2v) is 7.31. The molecule has 28 heavy (non-hydrogen) atoms. The summed E-state index contributed by atoms with van der Waals surface area (Å²) >= 11 is 1.60. The zero-order chi connectivity index (χ0) is 19.3. The topological polar surface area (TPSA) is 80.9 Å². The summed E-state index contributed by atoms with van der Waals surface area (Å²) in [6.07, 6.45) is 0.739. The lowest BCUT2D eigenvalue weighted by Gasteiger charge is -2.02. The molecule has 4 rings (SSSR count). The first-order valence-corrected chi connectivity index (χ1v) is 9.76. The molecular weight excluding hydrogens is 372 g/mol. The molecule has 0 radical (unpaired) electrons. The van der Waals surface area contributed by atoms with Gasteiger partial charge >= 0.3 is 11.8 Å². The summed E-state index contributed by atoms with van der Waals surface area (Å²) in [5, 5.41) is 9.78. The molecule has 4 aromatic rings. The van der Waals surface area contributed by atoms with Crippen LogP contribution in [0.3, 0.4) is 0 Å². The molecule has 0 spiro atoms. The van der Waals surface area contributed by atoms with Gasteiger partial charge in [0.1, 0.15) is 0 Å². The molecule has 0 unspecified atom stereocenters. The highest BCUT2D eigenvalue weighted by Crippen LogP contribution is 2.25. The molecule has 0 bridgehead atoms. The molecule has 6 nitrogen and oxygen atoms in total. The third-order valence-corrected chi connectivity index (χ3v) is 4.97. The Balaban J connectivity index is 1.43. The molecule has 0 fully saturated rings. The summed E-state index contributed by atoms with van der Waals surface area (Å²) in [7, 11) is 0. The van der Waals surface area contributed by atoms with E-state index >= 15 is 0 Å². The van der Waals surface area contributed by atoms with Crippen molar-refractivity contribution < 1.29 is 9.32 Å². The largest absolute Gasteiger partial charge is 0.347 e. The third kappa shape index (κ3) is 4.15. The molecule has 0 atom stereocenters. The van der Waals surface area contributed by atoms with E-state index in [1.165, 1.54) is 0 Å². The van der Waals surface area contributed by atoms with Crippen molar-refractivity contribution in [1.82, 2.24) is 20.4 Å². The van der Waals surface area contributed by atoms with Crippen molar-refractivity contribution in [1.29, 1.82) is 0 Å². The van der Waals surface area contributed by atoms with E-state index in [4.69, 9.17) is 4.52 Å². The Bertz CT molecular complexity index is 1090. The molecule has 140 valence electrons. The van der Waals surface area contributed by atoms with Crippen molar-refractivity contribution in [3.8, 4) is 22.6 Å². The number of hydrogen-bond donors (Lipinski definition) is 1. The van der Waals surface area contributed by atoms with Crippen LogP contribution in [0.15, 0.2) is 64.5 Å². The first-order chi connectivity index (χ1) is 13.7. The quantitative estimate of drug-likeness (QED) is 0.535. The van der Waals surface area contributed by atoms with Gasteiger partial charge in [-0.25, -0.2) is 4.98 Å². The molecular formula is C21H18N4O2S. The fourth-order valence-electron chi connectivity index (χ4n) is 2.79. The number of aromatic nitrogens is 3. The number of benzene rings is 2. The van der Waals surface area contributed by atoms with Gasteiger partial charge in [-0.1, -0.05) is 53.7 Å². The SMILES string of the molecule is Cc1nc(-c2cccc(-c3noc(C(=O)NCCc4ccccc4)n3)c2)cs1. The molecule has 0 aliphatic carbocycles. The zero-order valence-electron chi connectivity index (χ0n) is 15.3. The smallest absolute Gasteiger partial charge is 0.316 e. The second kappa shape index (κ2) is 8.14. The Hall–Kier alpha value is -3.32. The molecule has 2 aromatic heterocycles. The van der Waals surface area contributed by atoms with Gasteiger partial charge in [0.25, 0.3) is 0 Å². The number of nitrogens with zero attached hydrogens (tertiary/aromatic N) is 3. The van der Waals surface area contributed by atoms with Crippen LogP contribution in [0.2, 0.25) is 0 Å². The molecule has 0 aliphatic rings. The molecule has 2 heterocycles. The Labute approximate surface area is 166 Å². The predicted molar refractivity (Wildman–Crippen MR) is 108 cm³/mol. The summed E-state index contributed by atoms with van der Waals surface area (Å²) in [6, 6.07) is 17.7. The number of carbonyl (C=O) groups excluding carboxylic acids is 1.